The van der Waals surface area contributed by atoms with Gasteiger partial charge in [0.15, 0.2) is 11.2 Å². The van der Waals surface area contributed by atoms with Crippen molar-refractivity contribution in [3.63, 3.8) is 0 Å². The van der Waals surface area contributed by atoms with Crippen LogP contribution < -0.4 is 15.6 Å². The molecule has 0 unspecified atom stereocenters. The van der Waals surface area contributed by atoms with Crippen molar-refractivity contribution < 1.29 is 23.8 Å². The van der Waals surface area contributed by atoms with Crippen LogP contribution in [-0.4, -0.2) is 35.1 Å². The molecule has 0 saturated heterocycles. The Bertz CT molecular complexity index is 1190. The van der Waals surface area contributed by atoms with Crippen LogP contribution in [0.2, 0.25) is 0 Å². The van der Waals surface area contributed by atoms with Gasteiger partial charge in [-0.1, -0.05) is 32.0 Å². The molecule has 0 aliphatic carbocycles. The summed E-state index contributed by atoms with van der Waals surface area (Å²) >= 11 is 3.40. The van der Waals surface area contributed by atoms with E-state index in [4.69, 9.17) is 9.15 Å². The first-order chi connectivity index (χ1) is 14.7. The average molecular weight is 489 g/mol. The quantitative estimate of drug-likeness (QED) is 0.483. The molecule has 1 aromatic heterocycles. The number of hydrazine groups is 1. The number of ether oxygens (including phenoxy) is 1. The largest absolute Gasteiger partial charge is 0.480 e. The van der Waals surface area contributed by atoms with Gasteiger partial charge in [0.2, 0.25) is 0 Å². The zero-order valence-corrected chi connectivity index (χ0v) is 18.7. The van der Waals surface area contributed by atoms with Crippen molar-refractivity contribution in [3.8, 4) is 11.5 Å². The molecule has 0 radical (unpaired) electrons. The fourth-order valence-corrected chi connectivity index (χ4v) is 3.57. The molecule has 0 aliphatic rings. The van der Waals surface area contributed by atoms with Gasteiger partial charge in [0.05, 0.1) is 4.47 Å². The van der Waals surface area contributed by atoms with Crippen LogP contribution in [0.15, 0.2) is 62.2 Å². The summed E-state index contributed by atoms with van der Waals surface area (Å²) in [4.78, 5) is 36.9. The number of fused-ring (bicyclic) bond motifs is 1. The predicted molar refractivity (Wildman–Crippen MR) is 118 cm³/mol. The maximum absolute atomic E-state index is 12.8. The third kappa shape index (κ3) is 4.95. The van der Waals surface area contributed by atoms with Gasteiger partial charge in [-0.25, -0.2) is 5.01 Å². The number of carboxylic acid groups (broad SMARTS) is 1. The standard InChI is InChI=1S/C22H21BrN2O6/c1-12(2)20(22(28)29)25(3)24-21(27)18-11-14(26)19-16(9-6-10-17(19)31-18)30-15-8-5-4-7-13(15)23/h4-12,20H,1-3H3,(H,24,27)(H,28,29)/t20-/m0/s1. The number of hydrogen-bond acceptors (Lipinski definition) is 6. The number of halogens is 1. The summed E-state index contributed by atoms with van der Waals surface area (Å²) in [5, 5.41) is 10.7. The summed E-state index contributed by atoms with van der Waals surface area (Å²) in [6.45, 7) is 3.45. The Hall–Kier alpha value is -3.17. The maximum atomic E-state index is 12.8. The van der Waals surface area contributed by atoms with E-state index in [0.29, 0.717) is 10.2 Å². The van der Waals surface area contributed by atoms with Crippen molar-refractivity contribution in [2.24, 2.45) is 5.92 Å². The zero-order valence-electron chi connectivity index (χ0n) is 17.1. The molecule has 31 heavy (non-hydrogen) atoms. The zero-order chi connectivity index (χ0) is 22.7. The smallest absolute Gasteiger partial charge is 0.323 e. The molecule has 2 aromatic carbocycles. The van der Waals surface area contributed by atoms with Gasteiger partial charge in [-0.3, -0.25) is 19.8 Å². The molecule has 162 valence electrons. The highest BCUT2D eigenvalue weighted by Crippen LogP contribution is 2.32. The number of carbonyl (C=O) groups excluding carboxylic acids is 1. The molecule has 1 amide bonds. The molecule has 1 heterocycles. The fraction of sp³-hybridized carbons (Fsp3) is 0.227. The number of aliphatic carboxylic acids is 1. The summed E-state index contributed by atoms with van der Waals surface area (Å²) in [6, 6.07) is 12.1. The lowest BCUT2D eigenvalue weighted by molar-refractivity contribution is -0.145. The van der Waals surface area contributed by atoms with E-state index in [-0.39, 0.29) is 28.4 Å². The Balaban J connectivity index is 1.93. The molecular weight excluding hydrogens is 468 g/mol. The molecule has 3 aromatic rings. The first-order valence-corrected chi connectivity index (χ1v) is 10.2. The van der Waals surface area contributed by atoms with E-state index in [2.05, 4.69) is 21.4 Å². The number of carboxylic acids is 1. The summed E-state index contributed by atoms with van der Waals surface area (Å²) in [5.74, 6) is -1.50. The van der Waals surface area contributed by atoms with Gasteiger partial charge in [-0.15, -0.1) is 0 Å². The molecular formula is C22H21BrN2O6. The summed E-state index contributed by atoms with van der Waals surface area (Å²) in [7, 11) is 1.44. The highest BCUT2D eigenvalue weighted by atomic mass is 79.9. The van der Waals surface area contributed by atoms with Gasteiger partial charge in [-0.05, 0) is 46.1 Å². The van der Waals surface area contributed by atoms with Crippen molar-refractivity contribution in [1.29, 1.82) is 0 Å². The summed E-state index contributed by atoms with van der Waals surface area (Å²) in [5.41, 5.74) is 2.16. The van der Waals surface area contributed by atoms with Gasteiger partial charge in [0.1, 0.15) is 28.5 Å². The highest BCUT2D eigenvalue weighted by molar-refractivity contribution is 9.10. The Morgan fingerprint density at radius 3 is 2.45 bits per heavy atom. The first-order valence-electron chi connectivity index (χ1n) is 9.45. The molecule has 2 N–H and O–H groups in total. The van der Waals surface area contributed by atoms with Crippen LogP contribution in [0.5, 0.6) is 11.5 Å². The third-order valence-electron chi connectivity index (χ3n) is 4.58. The molecule has 0 spiro atoms. The third-order valence-corrected chi connectivity index (χ3v) is 5.23. The molecule has 8 nitrogen and oxygen atoms in total. The van der Waals surface area contributed by atoms with Crippen LogP contribution >= 0.6 is 15.9 Å². The van der Waals surface area contributed by atoms with Gasteiger partial charge >= 0.3 is 11.9 Å². The molecule has 0 saturated carbocycles. The topological polar surface area (TPSA) is 109 Å². The number of benzene rings is 2. The van der Waals surface area contributed by atoms with Crippen LogP contribution in [0.4, 0.5) is 0 Å². The second-order valence-corrected chi connectivity index (χ2v) is 8.07. The Morgan fingerprint density at radius 1 is 1.13 bits per heavy atom. The number of likely N-dealkylation sites (N-methyl/N-ethyl adjacent to an activating group) is 1. The van der Waals surface area contributed by atoms with Crippen LogP contribution in [0.25, 0.3) is 11.0 Å². The van der Waals surface area contributed by atoms with E-state index in [0.717, 1.165) is 6.07 Å². The normalized spacial score (nSPS) is 12.2. The number of para-hydroxylation sites is 1. The second-order valence-electron chi connectivity index (χ2n) is 7.22. The predicted octanol–water partition coefficient (Wildman–Crippen LogP) is 4.03. The second kappa shape index (κ2) is 9.32. The molecule has 9 heteroatoms. The number of carbonyl (C=O) groups is 2. The van der Waals surface area contributed by atoms with Crippen LogP contribution in [0.1, 0.15) is 24.4 Å². The fourth-order valence-electron chi connectivity index (χ4n) is 3.20. The Labute approximate surface area is 186 Å². The van der Waals surface area contributed by atoms with Crippen LogP contribution in [-0.2, 0) is 4.79 Å². The van der Waals surface area contributed by atoms with Gasteiger partial charge in [0.25, 0.3) is 0 Å². The van der Waals surface area contributed by atoms with Crippen LogP contribution in [0.3, 0.4) is 0 Å². The van der Waals surface area contributed by atoms with Gasteiger partial charge < -0.3 is 14.3 Å². The monoisotopic (exact) mass is 488 g/mol. The first kappa shape index (κ1) is 22.5. The van der Waals surface area contributed by atoms with Crippen molar-refractivity contribution >= 4 is 38.8 Å². The van der Waals surface area contributed by atoms with Crippen molar-refractivity contribution in [2.45, 2.75) is 19.9 Å². The van der Waals surface area contributed by atoms with E-state index in [1.54, 1.807) is 44.2 Å². The average Bonchev–Trinajstić information content (AvgIpc) is 2.68. The minimum atomic E-state index is -1.08. The number of nitrogens with one attached hydrogen (secondary N) is 1. The van der Waals surface area contributed by atoms with Crippen LogP contribution in [0, 0.1) is 5.92 Å². The minimum Gasteiger partial charge on any atom is -0.480 e. The lowest BCUT2D eigenvalue weighted by atomic mass is 10.0. The van der Waals surface area contributed by atoms with E-state index in [9.17, 15) is 19.5 Å². The lowest BCUT2D eigenvalue weighted by Gasteiger charge is -2.27. The highest BCUT2D eigenvalue weighted by Gasteiger charge is 2.28. The maximum Gasteiger partial charge on any atom is 0.323 e. The van der Waals surface area contributed by atoms with E-state index in [1.165, 1.54) is 12.1 Å². The van der Waals surface area contributed by atoms with E-state index >= 15 is 0 Å². The minimum absolute atomic E-state index is 0.170. The van der Waals surface area contributed by atoms with Crippen molar-refractivity contribution in [3.05, 3.63) is 69.0 Å². The van der Waals surface area contributed by atoms with Crippen molar-refractivity contribution in [1.82, 2.24) is 10.4 Å². The van der Waals surface area contributed by atoms with Gasteiger partial charge in [0, 0.05) is 13.1 Å². The van der Waals surface area contributed by atoms with E-state index < -0.39 is 23.3 Å². The van der Waals surface area contributed by atoms with Crippen molar-refractivity contribution in [2.75, 3.05) is 7.05 Å². The number of nitrogens with zero attached hydrogens (tertiary/aromatic N) is 1. The Morgan fingerprint density at radius 2 is 1.81 bits per heavy atom. The summed E-state index contributed by atoms with van der Waals surface area (Å²) < 4.78 is 12.2. The number of amides is 1. The van der Waals surface area contributed by atoms with E-state index in [1.807, 2.05) is 12.1 Å². The van der Waals surface area contributed by atoms with Gasteiger partial charge in [-0.2, -0.15) is 0 Å². The summed E-state index contributed by atoms with van der Waals surface area (Å²) in [6.07, 6.45) is 0. The molecule has 3 rings (SSSR count). The number of hydrogen-bond donors (Lipinski definition) is 2. The number of rotatable bonds is 7. The SMILES string of the molecule is CC(C)[C@@H](C(=O)O)N(C)NC(=O)c1cc(=O)c2c(Oc3ccccc3Br)cccc2o1. The molecule has 0 aliphatic heterocycles. The lowest BCUT2D eigenvalue weighted by Crippen LogP contribution is -2.51. The Kier molecular flexibility index (Phi) is 6.77. The molecule has 1 atom stereocenters. The molecule has 0 bridgehead atoms. The molecule has 0 fully saturated rings.